The molecule has 24 heavy (non-hydrogen) atoms. The van der Waals surface area contributed by atoms with Crippen LogP contribution in [0.25, 0.3) is 0 Å². The maximum Gasteiger partial charge on any atom is 0.230 e. The van der Waals surface area contributed by atoms with E-state index in [0.29, 0.717) is 5.13 Å². The number of thiazole rings is 1. The number of nitrogens with zero attached hydrogens (tertiary/aromatic N) is 2. The van der Waals surface area contributed by atoms with E-state index in [4.69, 9.17) is 16.3 Å². The van der Waals surface area contributed by atoms with Crippen LogP contribution in [-0.4, -0.2) is 42.1 Å². The molecule has 1 aromatic heterocycles. The summed E-state index contributed by atoms with van der Waals surface area (Å²) in [6.07, 6.45) is -0.121. The molecule has 3 rings (SSSR count). The number of ether oxygens (including phenoxy) is 1. The molecule has 0 atom stereocenters. The van der Waals surface area contributed by atoms with Crippen LogP contribution in [0.15, 0.2) is 23.6 Å². The highest BCUT2D eigenvalue weighted by molar-refractivity contribution is 7.13. The van der Waals surface area contributed by atoms with Gasteiger partial charge in [-0.2, -0.15) is 0 Å². The van der Waals surface area contributed by atoms with E-state index in [0.717, 1.165) is 38.5 Å². The monoisotopic (exact) mass is 369 g/mol. The molecular formula is C16H17ClFN3O2S. The topological polar surface area (TPSA) is 54.5 Å². The molecule has 0 saturated carbocycles. The van der Waals surface area contributed by atoms with Crippen molar-refractivity contribution >= 4 is 34.0 Å². The molecule has 1 N–H and O–H groups in total. The SMILES string of the molecule is O=C(Cc1c(F)cccc1Cl)Nc1nc(CN2CCOCC2)cs1. The average Bonchev–Trinajstić information content (AvgIpc) is 2.99. The molecule has 1 aromatic carbocycles. The van der Waals surface area contributed by atoms with Crippen LogP contribution in [0.3, 0.4) is 0 Å². The number of hydrogen-bond acceptors (Lipinski definition) is 5. The fourth-order valence-electron chi connectivity index (χ4n) is 2.45. The molecule has 0 bridgehead atoms. The maximum absolute atomic E-state index is 13.7. The van der Waals surface area contributed by atoms with E-state index in [-0.39, 0.29) is 22.9 Å². The second-order valence-electron chi connectivity index (χ2n) is 5.46. The average molecular weight is 370 g/mol. The van der Waals surface area contributed by atoms with E-state index in [2.05, 4.69) is 15.2 Å². The molecular weight excluding hydrogens is 353 g/mol. The zero-order chi connectivity index (χ0) is 16.9. The summed E-state index contributed by atoms with van der Waals surface area (Å²) in [6.45, 7) is 3.96. The molecule has 2 heterocycles. The van der Waals surface area contributed by atoms with E-state index in [1.54, 1.807) is 6.07 Å². The zero-order valence-corrected chi connectivity index (χ0v) is 14.5. The van der Waals surface area contributed by atoms with Crippen LogP contribution in [0, 0.1) is 5.82 Å². The van der Waals surface area contributed by atoms with Gasteiger partial charge in [0.2, 0.25) is 5.91 Å². The number of nitrogens with one attached hydrogen (secondary N) is 1. The number of rotatable bonds is 5. The largest absolute Gasteiger partial charge is 0.379 e. The highest BCUT2D eigenvalue weighted by Crippen LogP contribution is 2.21. The Balaban J connectivity index is 1.57. The molecule has 5 nitrogen and oxygen atoms in total. The summed E-state index contributed by atoms with van der Waals surface area (Å²) in [7, 11) is 0. The van der Waals surface area contributed by atoms with Gasteiger partial charge in [0.1, 0.15) is 5.82 Å². The molecule has 1 saturated heterocycles. The maximum atomic E-state index is 13.7. The van der Waals surface area contributed by atoms with Gasteiger partial charge in [-0.25, -0.2) is 9.37 Å². The Morgan fingerprint density at radius 2 is 2.21 bits per heavy atom. The number of aromatic nitrogens is 1. The molecule has 0 unspecified atom stereocenters. The number of halogens is 2. The van der Waals surface area contributed by atoms with E-state index in [9.17, 15) is 9.18 Å². The van der Waals surface area contributed by atoms with Gasteiger partial charge in [0, 0.05) is 35.6 Å². The predicted octanol–water partition coefficient (Wildman–Crippen LogP) is 2.95. The second kappa shape index (κ2) is 8.02. The van der Waals surface area contributed by atoms with Gasteiger partial charge in [-0.05, 0) is 12.1 Å². The van der Waals surface area contributed by atoms with Crippen molar-refractivity contribution in [2.75, 3.05) is 31.6 Å². The van der Waals surface area contributed by atoms with Gasteiger partial charge >= 0.3 is 0 Å². The number of morpholine rings is 1. The lowest BCUT2D eigenvalue weighted by Gasteiger charge is -2.25. The van der Waals surface area contributed by atoms with Crippen LogP contribution in [0.1, 0.15) is 11.3 Å². The van der Waals surface area contributed by atoms with Gasteiger partial charge in [0.15, 0.2) is 5.13 Å². The van der Waals surface area contributed by atoms with Crippen molar-refractivity contribution in [3.05, 3.63) is 45.7 Å². The van der Waals surface area contributed by atoms with E-state index in [1.807, 2.05) is 5.38 Å². The molecule has 1 amide bonds. The highest BCUT2D eigenvalue weighted by Gasteiger charge is 2.15. The smallest absolute Gasteiger partial charge is 0.230 e. The predicted molar refractivity (Wildman–Crippen MR) is 92.0 cm³/mol. The first-order chi connectivity index (χ1) is 11.6. The Morgan fingerprint density at radius 1 is 1.42 bits per heavy atom. The first kappa shape index (κ1) is 17.3. The lowest BCUT2D eigenvalue weighted by Crippen LogP contribution is -2.35. The van der Waals surface area contributed by atoms with Gasteiger partial charge < -0.3 is 10.1 Å². The standard InChI is InChI=1S/C16H17ClFN3O2S/c17-13-2-1-3-14(18)12(13)8-15(22)20-16-19-11(10-24-16)9-21-4-6-23-7-5-21/h1-3,10H,4-9H2,(H,19,20,22). The number of hydrogen-bond donors (Lipinski definition) is 1. The van der Waals surface area contributed by atoms with Crippen LogP contribution in [0.5, 0.6) is 0 Å². The van der Waals surface area contributed by atoms with Crippen molar-refractivity contribution < 1.29 is 13.9 Å². The summed E-state index contributed by atoms with van der Waals surface area (Å²) < 4.78 is 19.0. The Morgan fingerprint density at radius 3 is 2.96 bits per heavy atom. The summed E-state index contributed by atoms with van der Waals surface area (Å²) in [5.41, 5.74) is 1.10. The summed E-state index contributed by atoms with van der Waals surface area (Å²) in [5, 5.41) is 5.38. The van der Waals surface area contributed by atoms with E-state index >= 15 is 0 Å². The van der Waals surface area contributed by atoms with Crippen molar-refractivity contribution in [1.82, 2.24) is 9.88 Å². The van der Waals surface area contributed by atoms with Gasteiger partial charge in [0.05, 0.1) is 25.3 Å². The normalized spacial score (nSPS) is 15.4. The molecule has 1 fully saturated rings. The van der Waals surface area contributed by atoms with Crippen LogP contribution >= 0.6 is 22.9 Å². The Labute approximate surface area is 148 Å². The Kier molecular flexibility index (Phi) is 5.78. The van der Waals surface area contributed by atoms with Crippen LogP contribution < -0.4 is 5.32 Å². The Hall–Kier alpha value is -1.54. The van der Waals surface area contributed by atoms with Crippen molar-refractivity contribution in [3.63, 3.8) is 0 Å². The number of carbonyl (C=O) groups excluding carboxylic acids is 1. The molecule has 8 heteroatoms. The summed E-state index contributed by atoms with van der Waals surface area (Å²) in [5.74, 6) is -0.820. The molecule has 0 spiro atoms. The quantitative estimate of drug-likeness (QED) is 0.880. The van der Waals surface area contributed by atoms with Crippen LogP contribution in [0.4, 0.5) is 9.52 Å². The van der Waals surface area contributed by atoms with Gasteiger partial charge in [-0.1, -0.05) is 17.7 Å². The van der Waals surface area contributed by atoms with Gasteiger partial charge in [-0.15, -0.1) is 11.3 Å². The number of benzene rings is 1. The van der Waals surface area contributed by atoms with Crippen molar-refractivity contribution in [1.29, 1.82) is 0 Å². The zero-order valence-electron chi connectivity index (χ0n) is 12.9. The molecule has 0 aliphatic carbocycles. The lowest BCUT2D eigenvalue weighted by atomic mass is 10.1. The molecule has 128 valence electrons. The van der Waals surface area contributed by atoms with Crippen molar-refractivity contribution in [2.24, 2.45) is 0 Å². The molecule has 1 aliphatic heterocycles. The van der Waals surface area contributed by atoms with Crippen LogP contribution in [-0.2, 0) is 22.5 Å². The molecule has 1 aliphatic rings. The van der Waals surface area contributed by atoms with Gasteiger partial charge in [-0.3, -0.25) is 9.69 Å². The van der Waals surface area contributed by atoms with E-state index in [1.165, 1.54) is 23.5 Å². The lowest BCUT2D eigenvalue weighted by molar-refractivity contribution is -0.115. The third-order valence-corrected chi connectivity index (χ3v) is 4.85. The first-order valence-electron chi connectivity index (χ1n) is 7.59. The fraction of sp³-hybridized carbons (Fsp3) is 0.375. The van der Waals surface area contributed by atoms with Crippen LogP contribution in [0.2, 0.25) is 5.02 Å². The number of carbonyl (C=O) groups is 1. The minimum atomic E-state index is -0.482. The summed E-state index contributed by atoms with van der Waals surface area (Å²) >= 11 is 7.30. The Bertz CT molecular complexity index is 699. The third kappa shape index (κ3) is 4.51. The second-order valence-corrected chi connectivity index (χ2v) is 6.72. The minimum Gasteiger partial charge on any atom is -0.379 e. The number of amides is 1. The van der Waals surface area contributed by atoms with E-state index < -0.39 is 5.82 Å². The molecule has 0 radical (unpaired) electrons. The first-order valence-corrected chi connectivity index (χ1v) is 8.85. The highest BCUT2D eigenvalue weighted by atomic mass is 35.5. The minimum absolute atomic E-state index is 0.121. The van der Waals surface area contributed by atoms with Gasteiger partial charge in [0.25, 0.3) is 0 Å². The number of anilines is 1. The molecule has 2 aromatic rings. The van der Waals surface area contributed by atoms with Crippen molar-refractivity contribution in [3.8, 4) is 0 Å². The fourth-order valence-corrected chi connectivity index (χ4v) is 3.40. The third-order valence-electron chi connectivity index (χ3n) is 3.69. The summed E-state index contributed by atoms with van der Waals surface area (Å²) in [4.78, 5) is 18.8. The van der Waals surface area contributed by atoms with Crippen molar-refractivity contribution in [2.45, 2.75) is 13.0 Å². The summed E-state index contributed by atoms with van der Waals surface area (Å²) in [6, 6.07) is 4.37.